The molecule has 0 aromatic carbocycles. The van der Waals surface area contributed by atoms with Gasteiger partial charge in [0, 0.05) is 11.9 Å². The van der Waals surface area contributed by atoms with Crippen molar-refractivity contribution in [3.8, 4) is 0 Å². The van der Waals surface area contributed by atoms with Crippen molar-refractivity contribution < 1.29 is 0 Å². The standard InChI is InChI=1S/C7H8N2/c1-2-6-4-8-5-9-7(6)3-1/h1,3-4,9H,2,5H2. The molecule has 0 spiro atoms. The fraction of sp³-hybridized carbons (Fsp3) is 0.286. The van der Waals surface area contributed by atoms with Gasteiger partial charge in [0.1, 0.15) is 6.67 Å². The van der Waals surface area contributed by atoms with E-state index in [-0.39, 0.29) is 0 Å². The number of aliphatic imine (C=N–C) groups is 1. The van der Waals surface area contributed by atoms with Crippen molar-refractivity contribution in [3.05, 3.63) is 23.4 Å². The lowest BCUT2D eigenvalue weighted by atomic mass is 10.2. The average molecular weight is 120 g/mol. The lowest BCUT2D eigenvalue weighted by Crippen LogP contribution is -2.16. The molecule has 2 heteroatoms. The molecule has 1 aliphatic carbocycles. The van der Waals surface area contributed by atoms with E-state index in [1.54, 1.807) is 0 Å². The van der Waals surface area contributed by atoms with Crippen molar-refractivity contribution in [1.82, 2.24) is 5.32 Å². The minimum absolute atomic E-state index is 0.739. The van der Waals surface area contributed by atoms with E-state index in [9.17, 15) is 0 Å². The molecule has 0 saturated carbocycles. The first-order valence-electron chi connectivity index (χ1n) is 3.10. The average Bonchev–Trinajstić information content (AvgIpc) is 2.33. The summed E-state index contributed by atoms with van der Waals surface area (Å²) in [6, 6.07) is 0. The fourth-order valence-corrected chi connectivity index (χ4v) is 1.10. The quantitative estimate of drug-likeness (QED) is 0.503. The molecule has 0 amide bonds. The van der Waals surface area contributed by atoms with Crippen LogP contribution in [0.25, 0.3) is 0 Å². The van der Waals surface area contributed by atoms with E-state index in [0.717, 1.165) is 13.1 Å². The van der Waals surface area contributed by atoms with E-state index in [1.165, 1.54) is 11.3 Å². The van der Waals surface area contributed by atoms with Crippen LogP contribution in [0.2, 0.25) is 0 Å². The molecular formula is C7H8N2. The Morgan fingerprint density at radius 2 is 2.56 bits per heavy atom. The monoisotopic (exact) mass is 120 g/mol. The third-order valence-corrected chi connectivity index (χ3v) is 1.58. The van der Waals surface area contributed by atoms with Crippen LogP contribution < -0.4 is 5.32 Å². The molecule has 0 unspecified atom stereocenters. The Bertz CT molecular complexity index is 211. The van der Waals surface area contributed by atoms with Crippen LogP contribution in [0.5, 0.6) is 0 Å². The van der Waals surface area contributed by atoms with E-state index in [0.29, 0.717) is 0 Å². The van der Waals surface area contributed by atoms with E-state index in [2.05, 4.69) is 22.5 Å². The van der Waals surface area contributed by atoms with Gasteiger partial charge in [-0.1, -0.05) is 6.08 Å². The predicted molar refractivity (Wildman–Crippen MR) is 37.3 cm³/mol. The van der Waals surface area contributed by atoms with Crippen LogP contribution in [0.3, 0.4) is 0 Å². The third-order valence-electron chi connectivity index (χ3n) is 1.58. The Morgan fingerprint density at radius 3 is 3.44 bits per heavy atom. The summed E-state index contributed by atoms with van der Waals surface area (Å²) in [5.74, 6) is 0. The Labute approximate surface area is 54.0 Å². The van der Waals surface area contributed by atoms with Gasteiger partial charge in [0.15, 0.2) is 0 Å². The summed E-state index contributed by atoms with van der Waals surface area (Å²) in [4.78, 5) is 4.09. The number of nitrogens with zero attached hydrogens (tertiary/aromatic N) is 1. The maximum Gasteiger partial charge on any atom is 0.107 e. The van der Waals surface area contributed by atoms with Crippen molar-refractivity contribution in [2.75, 3.05) is 6.67 Å². The number of rotatable bonds is 0. The first-order valence-corrected chi connectivity index (χ1v) is 3.10. The van der Waals surface area contributed by atoms with Gasteiger partial charge in [-0.15, -0.1) is 0 Å². The first-order chi connectivity index (χ1) is 4.47. The minimum Gasteiger partial charge on any atom is -0.366 e. The molecule has 1 N–H and O–H groups in total. The third kappa shape index (κ3) is 0.669. The summed E-state index contributed by atoms with van der Waals surface area (Å²) in [6.07, 6.45) is 7.26. The van der Waals surface area contributed by atoms with Crippen LogP contribution >= 0.6 is 0 Å². The van der Waals surface area contributed by atoms with Crippen molar-refractivity contribution in [1.29, 1.82) is 0 Å². The number of allylic oxidation sites excluding steroid dienone is 3. The molecular weight excluding hydrogens is 112 g/mol. The van der Waals surface area contributed by atoms with Crippen molar-refractivity contribution in [3.63, 3.8) is 0 Å². The number of hydrogen-bond donors (Lipinski definition) is 1. The topological polar surface area (TPSA) is 24.4 Å². The number of nitrogens with one attached hydrogen (secondary N) is 1. The van der Waals surface area contributed by atoms with Gasteiger partial charge in [0.05, 0.1) is 0 Å². The highest BCUT2D eigenvalue weighted by molar-refractivity contribution is 5.82. The Morgan fingerprint density at radius 1 is 1.56 bits per heavy atom. The summed E-state index contributed by atoms with van der Waals surface area (Å²) in [5.41, 5.74) is 2.58. The van der Waals surface area contributed by atoms with Gasteiger partial charge in [-0.3, -0.25) is 4.99 Å². The van der Waals surface area contributed by atoms with Gasteiger partial charge in [-0.2, -0.15) is 0 Å². The van der Waals surface area contributed by atoms with Gasteiger partial charge < -0.3 is 5.32 Å². The maximum absolute atomic E-state index is 4.09. The Balaban J connectivity index is 2.35. The molecule has 9 heavy (non-hydrogen) atoms. The highest BCUT2D eigenvalue weighted by atomic mass is 15.0. The Kier molecular flexibility index (Phi) is 0.918. The van der Waals surface area contributed by atoms with Crippen LogP contribution in [0.1, 0.15) is 6.42 Å². The zero-order valence-corrected chi connectivity index (χ0v) is 5.09. The van der Waals surface area contributed by atoms with E-state index >= 15 is 0 Å². The highest BCUT2D eigenvalue weighted by Gasteiger charge is 2.08. The number of hydrogen-bond acceptors (Lipinski definition) is 2. The SMILES string of the molecule is C1=CC2=C(C=NCN2)C1. The molecule has 0 fully saturated rings. The van der Waals surface area contributed by atoms with Crippen LogP contribution in [0, 0.1) is 0 Å². The minimum atomic E-state index is 0.739. The summed E-state index contributed by atoms with van der Waals surface area (Å²) >= 11 is 0. The Hall–Kier alpha value is -1.05. The highest BCUT2D eigenvalue weighted by Crippen LogP contribution is 2.16. The zero-order chi connectivity index (χ0) is 6.10. The van der Waals surface area contributed by atoms with Gasteiger partial charge in [-0.25, -0.2) is 0 Å². The molecule has 46 valence electrons. The summed E-state index contributed by atoms with van der Waals surface area (Å²) in [7, 11) is 0. The van der Waals surface area contributed by atoms with Crippen LogP contribution in [0.4, 0.5) is 0 Å². The van der Waals surface area contributed by atoms with Crippen molar-refractivity contribution >= 4 is 6.21 Å². The zero-order valence-electron chi connectivity index (χ0n) is 5.09. The van der Waals surface area contributed by atoms with E-state index < -0.39 is 0 Å². The van der Waals surface area contributed by atoms with Crippen LogP contribution in [-0.2, 0) is 0 Å². The smallest absolute Gasteiger partial charge is 0.107 e. The first kappa shape index (κ1) is 4.79. The molecule has 0 aromatic rings. The summed E-state index contributed by atoms with van der Waals surface area (Å²) in [6.45, 7) is 0.739. The van der Waals surface area contributed by atoms with Gasteiger partial charge in [0.2, 0.25) is 0 Å². The molecule has 2 aliphatic rings. The van der Waals surface area contributed by atoms with Gasteiger partial charge in [-0.05, 0) is 18.1 Å². The van der Waals surface area contributed by atoms with Crippen LogP contribution in [-0.4, -0.2) is 12.9 Å². The second kappa shape index (κ2) is 1.72. The largest absolute Gasteiger partial charge is 0.366 e. The molecule has 0 aromatic heterocycles. The molecule has 0 atom stereocenters. The molecule has 1 aliphatic heterocycles. The molecule has 0 radical (unpaired) electrons. The van der Waals surface area contributed by atoms with E-state index in [1.807, 2.05) is 6.21 Å². The fourth-order valence-electron chi connectivity index (χ4n) is 1.10. The molecule has 0 saturated heterocycles. The lowest BCUT2D eigenvalue weighted by molar-refractivity contribution is 0.834. The van der Waals surface area contributed by atoms with Crippen molar-refractivity contribution in [2.45, 2.75) is 6.42 Å². The van der Waals surface area contributed by atoms with E-state index in [4.69, 9.17) is 0 Å². The maximum atomic E-state index is 4.09. The molecule has 2 nitrogen and oxygen atoms in total. The lowest BCUT2D eigenvalue weighted by Gasteiger charge is -2.08. The molecule has 1 heterocycles. The van der Waals surface area contributed by atoms with Crippen LogP contribution in [0.15, 0.2) is 28.4 Å². The predicted octanol–water partition coefficient (Wildman–Crippen LogP) is 0.832. The summed E-state index contributed by atoms with van der Waals surface area (Å²) in [5, 5.41) is 3.18. The second-order valence-electron chi connectivity index (χ2n) is 2.19. The normalized spacial score (nSPS) is 22.2. The van der Waals surface area contributed by atoms with Gasteiger partial charge in [0.25, 0.3) is 0 Å². The van der Waals surface area contributed by atoms with Gasteiger partial charge >= 0.3 is 0 Å². The van der Waals surface area contributed by atoms with Crippen molar-refractivity contribution in [2.24, 2.45) is 4.99 Å². The molecule has 0 bridgehead atoms. The molecule has 2 rings (SSSR count). The summed E-state index contributed by atoms with van der Waals surface area (Å²) < 4.78 is 0. The second-order valence-corrected chi connectivity index (χ2v) is 2.19.